The van der Waals surface area contributed by atoms with E-state index in [0.29, 0.717) is 28.2 Å². The van der Waals surface area contributed by atoms with Crippen molar-refractivity contribution in [2.24, 2.45) is 0 Å². The van der Waals surface area contributed by atoms with Gasteiger partial charge in [0, 0.05) is 49.1 Å². The predicted molar refractivity (Wildman–Crippen MR) is 275 cm³/mol. The van der Waals surface area contributed by atoms with Crippen LogP contribution in [0.2, 0.25) is 0 Å². The zero-order valence-corrected chi connectivity index (χ0v) is 40.9. The third-order valence-electron chi connectivity index (χ3n) is 12.9. The van der Waals surface area contributed by atoms with Crippen LogP contribution >= 0.6 is 0 Å². The second-order valence-electron chi connectivity index (χ2n) is 19.4. The SMILES string of the molecule is [C-]#[N+]c1ccc2c(ccc3c4ccc(O)c(-c5nc6c(-c7[c-]c(-c8cc(-c9ccccc9)ccn8)cc(C(C)(C)C)c7)cccc6n5-c5ccc(-c6ccccc6)cc5C(C)(C)C)c4oc23)c1.[Pt]. The minimum absolute atomic E-state index is 0. The number of aromatic hydroxyl groups is 1. The molecule has 7 heteroatoms. The zero-order chi connectivity index (χ0) is 46.2. The number of pyridine rings is 1. The Balaban J connectivity index is 0.00000539. The summed E-state index contributed by atoms with van der Waals surface area (Å²) >= 11 is 0. The number of aromatic nitrogens is 3. The van der Waals surface area contributed by atoms with Crippen LogP contribution in [0, 0.1) is 12.6 Å². The van der Waals surface area contributed by atoms with Gasteiger partial charge in [-0.05, 0) is 92.6 Å². The molecule has 0 aliphatic rings. The molecule has 0 fully saturated rings. The van der Waals surface area contributed by atoms with E-state index in [1.807, 2.05) is 60.8 Å². The molecule has 334 valence electrons. The number of benzene rings is 8. The molecule has 3 heterocycles. The number of rotatable bonds is 6. The number of para-hydroxylation sites is 1. The summed E-state index contributed by atoms with van der Waals surface area (Å²) in [5, 5.41) is 15.8. The smallest absolute Gasteiger partial charge is 0.187 e. The van der Waals surface area contributed by atoms with Crippen molar-refractivity contribution in [1.29, 1.82) is 0 Å². The van der Waals surface area contributed by atoms with Crippen molar-refractivity contribution in [1.82, 2.24) is 14.5 Å². The maximum absolute atomic E-state index is 12.2. The number of nitrogens with zero attached hydrogens (tertiary/aromatic N) is 4. The van der Waals surface area contributed by atoms with Crippen molar-refractivity contribution in [2.45, 2.75) is 52.4 Å². The van der Waals surface area contributed by atoms with Crippen LogP contribution in [0.4, 0.5) is 5.69 Å². The van der Waals surface area contributed by atoms with Gasteiger partial charge in [0.1, 0.15) is 22.5 Å². The molecule has 0 spiro atoms. The van der Waals surface area contributed by atoms with Gasteiger partial charge in [0.2, 0.25) is 0 Å². The molecule has 0 aliphatic carbocycles. The minimum atomic E-state index is -0.298. The molecule has 0 saturated carbocycles. The maximum Gasteiger partial charge on any atom is 0.187 e. The zero-order valence-electron chi connectivity index (χ0n) is 38.6. The van der Waals surface area contributed by atoms with Crippen molar-refractivity contribution in [3.63, 3.8) is 0 Å². The van der Waals surface area contributed by atoms with Crippen LogP contribution in [0.15, 0.2) is 174 Å². The monoisotopic (exact) mass is 1060 g/mol. The molecule has 11 rings (SSSR count). The molecule has 1 N–H and O–H groups in total. The standard InChI is InChI=1S/C61H47N4O2.Pt/c1-60(2,3)44-32-42(31-43(33-44)51-36-40(29-30-63-51)38-17-12-9-13-18-38)46-19-14-20-53-56(46)64-59(65(53)52-27-22-39(35-50(52)61(4,5)6)37-15-10-8-11-16-37)55-54(66)28-26-49-48-24-21-41-34-45(62-7)23-25-47(41)57(48)67-58(49)55;/h8-30,32-36,66H,1-6H3;/q-1;. The van der Waals surface area contributed by atoms with Gasteiger partial charge in [-0.25, -0.2) is 9.83 Å². The van der Waals surface area contributed by atoms with Gasteiger partial charge >= 0.3 is 0 Å². The van der Waals surface area contributed by atoms with E-state index >= 15 is 0 Å². The first-order valence-corrected chi connectivity index (χ1v) is 22.6. The fourth-order valence-electron chi connectivity index (χ4n) is 9.43. The minimum Gasteiger partial charge on any atom is -0.507 e. The third-order valence-corrected chi connectivity index (χ3v) is 12.9. The number of hydrogen-bond donors (Lipinski definition) is 1. The first kappa shape index (κ1) is 44.3. The Morgan fingerprint density at radius 3 is 2.00 bits per heavy atom. The number of fused-ring (bicyclic) bond motifs is 6. The molecule has 0 aliphatic heterocycles. The first-order chi connectivity index (χ1) is 32.3. The molecule has 8 aromatic carbocycles. The molecular formula is C61H47N4O2Pt-. The molecule has 0 atom stereocenters. The fourth-order valence-corrected chi connectivity index (χ4v) is 9.43. The summed E-state index contributed by atoms with van der Waals surface area (Å²) in [4.78, 5) is 14.2. The molecule has 0 saturated heterocycles. The first-order valence-electron chi connectivity index (χ1n) is 22.6. The molecule has 0 amide bonds. The average molecular weight is 1060 g/mol. The van der Waals surface area contributed by atoms with Gasteiger partial charge in [-0.3, -0.25) is 9.55 Å². The van der Waals surface area contributed by atoms with E-state index in [4.69, 9.17) is 21.0 Å². The molecule has 3 aromatic heterocycles. The largest absolute Gasteiger partial charge is 0.507 e. The molecule has 6 nitrogen and oxygen atoms in total. The van der Waals surface area contributed by atoms with Crippen LogP contribution in [0.5, 0.6) is 5.75 Å². The summed E-state index contributed by atoms with van der Waals surface area (Å²) in [7, 11) is 0. The van der Waals surface area contributed by atoms with E-state index in [1.165, 1.54) is 0 Å². The van der Waals surface area contributed by atoms with Crippen molar-refractivity contribution >= 4 is 49.4 Å². The van der Waals surface area contributed by atoms with E-state index in [-0.39, 0.29) is 37.6 Å². The van der Waals surface area contributed by atoms with E-state index in [9.17, 15) is 5.11 Å². The van der Waals surface area contributed by atoms with Gasteiger partial charge in [-0.15, -0.1) is 29.3 Å². The maximum atomic E-state index is 12.2. The summed E-state index contributed by atoms with van der Waals surface area (Å²) in [6.45, 7) is 21.0. The number of phenols is 1. The van der Waals surface area contributed by atoms with Crippen LogP contribution in [-0.2, 0) is 31.9 Å². The summed E-state index contributed by atoms with van der Waals surface area (Å²) in [6.07, 6.45) is 1.87. The Morgan fingerprint density at radius 1 is 0.618 bits per heavy atom. The number of phenolic OH excluding ortho intramolecular Hbond substituents is 1. The van der Waals surface area contributed by atoms with Crippen molar-refractivity contribution in [3.05, 3.63) is 199 Å². The van der Waals surface area contributed by atoms with Crippen molar-refractivity contribution < 1.29 is 30.6 Å². The fraction of sp³-hybridized carbons (Fsp3) is 0.131. The van der Waals surface area contributed by atoms with Crippen LogP contribution in [0.3, 0.4) is 0 Å². The summed E-state index contributed by atoms with van der Waals surface area (Å²) < 4.78 is 9.14. The Morgan fingerprint density at radius 2 is 1.29 bits per heavy atom. The van der Waals surface area contributed by atoms with E-state index in [2.05, 4.69) is 160 Å². The molecule has 11 aromatic rings. The number of hydrogen-bond acceptors (Lipinski definition) is 4. The van der Waals surface area contributed by atoms with E-state index in [1.54, 1.807) is 6.07 Å². The van der Waals surface area contributed by atoms with Gasteiger partial charge in [0.05, 0.1) is 23.3 Å². The Hall–Kier alpha value is -7.58. The third kappa shape index (κ3) is 7.67. The van der Waals surface area contributed by atoms with Gasteiger partial charge in [0.25, 0.3) is 0 Å². The molecular weight excluding hydrogens is 1020 g/mol. The molecule has 0 radical (unpaired) electrons. The molecule has 68 heavy (non-hydrogen) atoms. The van der Waals surface area contributed by atoms with Crippen LogP contribution < -0.4 is 0 Å². The van der Waals surface area contributed by atoms with Crippen molar-refractivity contribution in [3.8, 4) is 67.5 Å². The van der Waals surface area contributed by atoms with Crippen LogP contribution in [-0.4, -0.2) is 19.6 Å². The van der Waals surface area contributed by atoms with Gasteiger partial charge in [-0.2, -0.15) is 0 Å². The average Bonchev–Trinajstić information content (AvgIpc) is 3.92. The molecule has 0 bridgehead atoms. The Labute approximate surface area is 410 Å². The predicted octanol–water partition coefficient (Wildman–Crippen LogP) is 16.5. The quantitative estimate of drug-likeness (QED) is 0.169. The Kier molecular flexibility index (Phi) is 11.0. The molecule has 0 unspecified atom stereocenters. The van der Waals surface area contributed by atoms with Gasteiger partial charge in [0.15, 0.2) is 11.5 Å². The van der Waals surface area contributed by atoms with E-state index < -0.39 is 0 Å². The normalized spacial score (nSPS) is 11.9. The van der Waals surface area contributed by atoms with Crippen molar-refractivity contribution in [2.75, 3.05) is 0 Å². The summed E-state index contributed by atoms with van der Waals surface area (Å²) in [5.41, 5.74) is 14.6. The second kappa shape index (κ2) is 16.9. The van der Waals surface area contributed by atoms with Gasteiger partial charge < -0.3 is 9.52 Å². The van der Waals surface area contributed by atoms with Gasteiger partial charge in [-0.1, -0.05) is 156 Å². The second-order valence-corrected chi connectivity index (χ2v) is 19.4. The van der Waals surface area contributed by atoms with Crippen LogP contribution in [0.25, 0.3) is 110 Å². The summed E-state index contributed by atoms with van der Waals surface area (Å²) in [6, 6.07) is 59.6. The van der Waals surface area contributed by atoms with E-state index in [0.717, 1.165) is 94.0 Å². The Bertz CT molecular complexity index is 3790. The van der Waals surface area contributed by atoms with Crippen LogP contribution in [0.1, 0.15) is 52.7 Å². The number of imidazole rings is 1. The number of furan rings is 1. The topological polar surface area (TPSA) is 68.4 Å². The summed E-state index contributed by atoms with van der Waals surface area (Å²) in [5.74, 6) is 0.599.